The Hall–Kier alpha value is -8.48. The third-order valence-electron chi connectivity index (χ3n) is 17.4. The number of aryl methyl sites for hydroxylation is 3. The molecule has 10 aromatic carbocycles. The fourth-order valence-electron chi connectivity index (χ4n) is 15.1. The maximum Gasteiger partial charge on any atom is 0.252 e. The van der Waals surface area contributed by atoms with E-state index in [0.717, 1.165) is 84.4 Å². The van der Waals surface area contributed by atoms with Gasteiger partial charge in [-0.15, -0.1) is 0 Å². The molecule has 338 valence electrons. The van der Waals surface area contributed by atoms with E-state index in [-0.39, 0.29) is 38.5 Å². The maximum absolute atomic E-state index is 16.2. The van der Waals surface area contributed by atoms with Gasteiger partial charge in [0.15, 0.2) is 0 Å². The van der Waals surface area contributed by atoms with Gasteiger partial charge in [-0.1, -0.05) is 131 Å². The molecule has 0 radical (unpaired) electrons. The van der Waals surface area contributed by atoms with Crippen molar-refractivity contribution in [3.8, 4) is 0 Å². The van der Waals surface area contributed by atoms with Crippen LogP contribution in [0.1, 0.15) is 16.7 Å². The van der Waals surface area contributed by atoms with Crippen LogP contribution in [0.4, 0.5) is 77.0 Å². The van der Waals surface area contributed by atoms with E-state index >= 15 is 8.78 Å². The van der Waals surface area contributed by atoms with Crippen molar-refractivity contribution in [2.45, 2.75) is 20.8 Å². The summed E-state index contributed by atoms with van der Waals surface area (Å²) in [6.07, 6.45) is 0. The highest BCUT2D eigenvalue weighted by atomic mass is 19.1. The van der Waals surface area contributed by atoms with Crippen LogP contribution in [0.5, 0.6) is 0 Å². The highest BCUT2D eigenvalue weighted by Gasteiger charge is 2.58. The molecule has 7 heterocycles. The van der Waals surface area contributed by atoms with Crippen molar-refractivity contribution >= 4 is 161 Å². The lowest BCUT2D eigenvalue weighted by Gasteiger charge is -2.56. The number of para-hydroxylation sites is 5. The van der Waals surface area contributed by atoms with E-state index < -0.39 is 0 Å². The summed E-state index contributed by atoms with van der Waals surface area (Å²) in [6, 6.07) is 66.9. The summed E-state index contributed by atoms with van der Waals surface area (Å²) in [7, 11) is 0. The summed E-state index contributed by atoms with van der Waals surface area (Å²) in [5.74, 6) is -0.547. The average molecular weight is 934 g/mol. The highest BCUT2D eigenvalue weighted by Crippen LogP contribution is 2.52. The second-order valence-corrected chi connectivity index (χ2v) is 21.1. The molecule has 0 aliphatic carbocycles. The minimum atomic E-state index is -0.282. The number of rotatable bonds is 2. The summed E-state index contributed by atoms with van der Waals surface area (Å²) in [6.45, 7) is 5.98. The third kappa shape index (κ3) is 4.90. The molecule has 0 amide bonds. The van der Waals surface area contributed by atoms with Gasteiger partial charge in [0.1, 0.15) is 11.6 Å². The van der Waals surface area contributed by atoms with E-state index in [2.05, 4.69) is 192 Å². The number of halogens is 2. The number of anilines is 12. The largest absolute Gasteiger partial charge is 0.312 e. The van der Waals surface area contributed by atoms with Crippen LogP contribution in [0, 0.1) is 32.4 Å². The number of benzene rings is 10. The number of hydrogen-bond donors (Lipinski definition) is 0. The standard InChI is InChI=1S/C63H40B4F2N4/c1-35-29-36(2)57(37(3)30-35)64-41-17-7-11-21-49(41)70(40-15-5-4-6-16-40)55-34-56-48(33-47(55)64)67-43-19-9-13-23-51(43)71-50-22-12-8-18-42(50)65-45-31-38(68)25-27-53(45)72-54-28-26-39(69)32-46(54)66-44-20-10-14-24-52(44)73(56)63-59(66)62(72)58(65)61(71)60(63)67/h4-34H,1-3H3. The minimum Gasteiger partial charge on any atom is -0.312 e. The van der Waals surface area contributed by atoms with Gasteiger partial charge in [0, 0.05) is 68.2 Å². The molecule has 0 fully saturated rings. The van der Waals surface area contributed by atoms with Gasteiger partial charge in [0.2, 0.25) is 6.71 Å². The van der Waals surface area contributed by atoms with E-state index in [0.29, 0.717) is 0 Å². The van der Waals surface area contributed by atoms with Gasteiger partial charge in [-0.3, -0.25) is 0 Å². The van der Waals surface area contributed by atoms with Crippen LogP contribution in [0.25, 0.3) is 0 Å². The van der Waals surface area contributed by atoms with Crippen molar-refractivity contribution in [2.75, 3.05) is 19.6 Å². The molecule has 73 heavy (non-hydrogen) atoms. The van der Waals surface area contributed by atoms with Gasteiger partial charge in [0.05, 0.1) is 0 Å². The van der Waals surface area contributed by atoms with Crippen molar-refractivity contribution in [1.29, 1.82) is 0 Å². The van der Waals surface area contributed by atoms with Crippen molar-refractivity contribution in [1.82, 2.24) is 0 Å². The first kappa shape index (κ1) is 40.2. The first-order valence-electron chi connectivity index (χ1n) is 25.5. The fraction of sp³-hybridized carbons (Fsp3) is 0.0476. The van der Waals surface area contributed by atoms with Crippen molar-refractivity contribution in [3.05, 3.63) is 216 Å². The Morgan fingerprint density at radius 2 is 0.630 bits per heavy atom. The summed E-state index contributed by atoms with van der Waals surface area (Å²) in [5, 5.41) is 0. The molecule has 0 spiro atoms. The minimum absolute atomic E-state index is 0.0579. The van der Waals surface area contributed by atoms with Gasteiger partial charge in [-0.2, -0.15) is 0 Å². The molecule has 10 heteroatoms. The van der Waals surface area contributed by atoms with Crippen LogP contribution in [-0.2, 0) is 0 Å². The Balaban J connectivity index is 1.07. The van der Waals surface area contributed by atoms with Crippen LogP contribution in [0.15, 0.2) is 188 Å². The Morgan fingerprint density at radius 1 is 0.288 bits per heavy atom. The summed E-state index contributed by atoms with van der Waals surface area (Å²) in [4.78, 5) is 9.97. The normalized spacial score (nSPS) is 14.7. The predicted molar refractivity (Wildman–Crippen MR) is 304 cm³/mol. The Bertz CT molecular complexity index is 4160. The quantitative estimate of drug-likeness (QED) is 0.173. The first-order valence-corrected chi connectivity index (χ1v) is 25.5. The van der Waals surface area contributed by atoms with E-state index in [9.17, 15) is 0 Å². The van der Waals surface area contributed by atoms with Crippen molar-refractivity contribution in [3.63, 3.8) is 0 Å². The van der Waals surface area contributed by atoms with E-state index in [1.807, 2.05) is 12.1 Å². The molecule has 7 aliphatic rings. The van der Waals surface area contributed by atoms with Crippen LogP contribution in [-0.4, -0.2) is 26.9 Å². The number of hydrogen-bond acceptors (Lipinski definition) is 4. The molecule has 0 aromatic heterocycles. The summed E-state index contributed by atoms with van der Waals surface area (Å²) >= 11 is 0. The molecule has 7 aliphatic heterocycles. The smallest absolute Gasteiger partial charge is 0.252 e. The molecule has 10 aromatic rings. The van der Waals surface area contributed by atoms with E-state index in [4.69, 9.17) is 0 Å². The SMILES string of the molecule is Cc1cc(C)c(B2c3ccccc3N(c3ccccc3)c3cc4c(cc32)B2c3ccccc3N3c5ccccc5B5c6cc(F)ccc6N6c7ccc(F)cc7B7c8ccccc8N4c4c2c3c5c6c47)c(C)c1. The monoisotopic (exact) mass is 934 g/mol. The molecular weight excluding hydrogens is 894 g/mol. The molecule has 0 bridgehead atoms. The lowest BCUT2D eigenvalue weighted by molar-refractivity contribution is 0.629. The lowest BCUT2D eigenvalue weighted by Crippen LogP contribution is -2.75. The van der Waals surface area contributed by atoms with Crippen LogP contribution in [0.2, 0.25) is 0 Å². The zero-order chi connectivity index (χ0) is 48.3. The Labute approximate surface area is 424 Å². The molecule has 17 rings (SSSR count). The average Bonchev–Trinajstić information content (AvgIpc) is 3.41. The maximum atomic E-state index is 16.2. The zero-order valence-corrected chi connectivity index (χ0v) is 40.3. The van der Waals surface area contributed by atoms with Gasteiger partial charge in [-0.25, -0.2) is 8.78 Å². The van der Waals surface area contributed by atoms with E-state index in [1.54, 1.807) is 24.3 Å². The van der Waals surface area contributed by atoms with Gasteiger partial charge < -0.3 is 19.6 Å². The van der Waals surface area contributed by atoms with Gasteiger partial charge >= 0.3 is 0 Å². The van der Waals surface area contributed by atoms with Crippen molar-refractivity contribution < 1.29 is 8.78 Å². The Morgan fingerprint density at radius 3 is 1.08 bits per heavy atom. The second-order valence-electron chi connectivity index (χ2n) is 21.1. The Kier molecular flexibility index (Phi) is 7.66. The number of nitrogens with zero attached hydrogens (tertiary/aromatic N) is 4. The van der Waals surface area contributed by atoms with Crippen LogP contribution >= 0.6 is 0 Å². The second kappa shape index (κ2) is 13.9. The predicted octanol–water partition coefficient (Wildman–Crippen LogP) is 7.03. The first-order chi connectivity index (χ1) is 35.8. The molecule has 0 N–H and O–H groups in total. The zero-order valence-electron chi connectivity index (χ0n) is 40.3. The number of fused-ring (bicyclic) bond motifs is 20. The topological polar surface area (TPSA) is 13.0 Å². The van der Waals surface area contributed by atoms with Gasteiger partial charge in [-0.05, 0) is 160 Å². The molecule has 0 unspecified atom stereocenters. The van der Waals surface area contributed by atoms with Crippen molar-refractivity contribution in [2.24, 2.45) is 0 Å². The summed E-state index contributed by atoms with van der Waals surface area (Å²) < 4.78 is 32.3. The molecule has 0 saturated carbocycles. The molecular formula is C63H40B4F2N4. The van der Waals surface area contributed by atoms with Gasteiger partial charge in [0.25, 0.3) is 20.1 Å². The molecule has 0 atom stereocenters. The summed E-state index contributed by atoms with van der Waals surface area (Å²) in [5.41, 5.74) is 31.0. The molecule has 0 saturated heterocycles. The third-order valence-corrected chi connectivity index (χ3v) is 17.4. The van der Waals surface area contributed by atoms with Crippen LogP contribution < -0.4 is 85.2 Å². The fourth-order valence-corrected chi connectivity index (χ4v) is 15.1. The van der Waals surface area contributed by atoms with E-state index in [1.165, 1.54) is 66.1 Å². The highest BCUT2D eigenvalue weighted by molar-refractivity contribution is 7.09. The lowest BCUT2D eigenvalue weighted by atomic mass is 9.24. The van der Waals surface area contributed by atoms with Crippen LogP contribution in [0.3, 0.4) is 0 Å². The molecule has 4 nitrogen and oxygen atoms in total.